The van der Waals surface area contributed by atoms with E-state index in [-0.39, 0.29) is 0 Å². The van der Waals surface area contributed by atoms with Crippen LogP contribution in [-0.4, -0.2) is 36.6 Å². The van der Waals surface area contributed by atoms with Gasteiger partial charge in [-0.25, -0.2) is 0 Å². The molecule has 2 heteroatoms. The first-order valence-electron chi connectivity index (χ1n) is 7.40. The largest absolute Gasteiger partial charge is 0.317 e. The normalized spacial score (nSPS) is 36.8. The molecule has 0 radical (unpaired) electrons. The summed E-state index contributed by atoms with van der Waals surface area (Å²) < 4.78 is 0. The average molecular weight is 222 g/mol. The molecule has 0 aromatic rings. The van der Waals surface area contributed by atoms with Crippen molar-refractivity contribution >= 4 is 0 Å². The van der Waals surface area contributed by atoms with Crippen molar-refractivity contribution in [2.24, 2.45) is 5.92 Å². The topological polar surface area (TPSA) is 15.3 Å². The van der Waals surface area contributed by atoms with Crippen LogP contribution in [0.25, 0.3) is 0 Å². The molecule has 1 N–H and O–H groups in total. The molecule has 2 atom stereocenters. The SMILES string of the molecule is C1CC2CCC(C1)N2CCC1CCNCC1. The van der Waals surface area contributed by atoms with Crippen LogP contribution in [-0.2, 0) is 0 Å². The lowest BCUT2D eigenvalue weighted by atomic mass is 9.93. The molecule has 0 saturated carbocycles. The van der Waals surface area contributed by atoms with Crippen molar-refractivity contribution in [2.45, 2.75) is 63.5 Å². The van der Waals surface area contributed by atoms with Crippen molar-refractivity contribution in [1.29, 1.82) is 0 Å². The first kappa shape index (κ1) is 11.0. The Kier molecular flexibility index (Phi) is 3.49. The van der Waals surface area contributed by atoms with Gasteiger partial charge in [-0.3, -0.25) is 4.90 Å². The maximum absolute atomic E-state index is 3.47. The van der Waals surface area contributed by atoms with Crippen LogP contribution in [0.4, 0.5) is 0 Å². The number of hydrogen-bond donors (Lipinski definition) is 1. The fourth-order valence-electron chi connectivity index (χ4n) is 4.09. The van der Waals surface area contributed by atoms with E-state index in [1.165, 1.54) is 71.0 Å². The van der Waals surface area contributed by atoms with Gasteiger partial charge in [-0.1, -0.05) is 6.42 Å². The lowest BCUT2D eigenvalue weighted by molar-refractivity contribution is 0.127. The Morgan fingerprint density at radius 2 is 1.56 bits per heavy atom. The minimum absolute atomic E-state index is 0.973. The van der Waals surface area contributed by atoms with Crippen LogP contribution in [0.15, 0.2) is 0 Å². The van der Waals surface area contributed by atoms with Gasteiger partial charge in [0.15, 0.2) is 0 Å². The Balaban J connectivity index is 1.47. The molecular weight excluding hydrogens is 196 g/mol. The lowest BCUT2D eigenvalue weighted by Gasteiger charge is -2.36. The van der Waals surface area contributed by atoms with Crippen LogP contribution in [0.2, 0.25) is 0 Å². The predicted octanol–water partition coefficient (Wildman–Crippen LogP) is 2.39. The maximum Gasteiger partial charge on any atom is 0.00987 e. The quantitative estimate of drug-likeness (QED) is 0.789. The highest BCUT2D eigenvalue weighted by Crippen LogP contribution is 2.36. The summed E-state index contributed by atoms with van der Waals surface area (Å²) in [4.78, 5) is 2.87. The summed E-state index contributed by atoms with van der Waals surface area (Å²) in [6.45, 7) is 3.93. The summed E-state index contributed by atoms with van der Waals surface area (Å²) >= 11 is 0. The highest BCUT2D eigenvalue weighted by Gasteiger charge is 2.36. The van der Waals surface area contributed by atoms with Crippen molar-refractivity contribution in [2.75, 3.05) is 19.6 Å². The summed E-state index contributed by atoms with van der Waals surface area (Å²) in [6.07, 6.45) is 11.8. The fourth-order valence-corrected chi connectivity index (χ4v) is 4.09. The van der Waals surface area contributed by atoms with Gasteiger partial charge in [0.2, 0.25) is 0 Å². The minimum Gasteiger partial charge on any atom is -0.317 e. The molecule has 0 amide bonds. The Labute approximate surface area is 99.8 Å². The summed E-state index contributed by atoms with van der Waals surface area (Å²) in [7, 11) is 0. The molecule has 2 bridgehead atoms. The van der Waals surface area contributed by atoms with Crippen molar-refractivity contribution in [3.63, 3.8) is 0 Å². The molecule has 0 aromatic carbocycles. The molecular formula is C14H26N2. The second kappa shape index (κ2) is 5.05. The van der Waals surface area contributed by atoms with Crippen LogP contribution < -0.4 is 5.32 Å². The molecule has 0 aliphatic carbocycles. The predicted molar refractivity (Wildman–Crippen MR) is 67.6 cm³/mol. The van der Waals surface area contributed by atoms with E-state index in [1.54, 1.807) is 0 Å². The molecule has 0 aromatic heterocycles. The summed E-state index contributed by atoms with van der Waals surface area (Å²) in [5.41, 5.74) is 0. The molecule has 16 heavy (non-hydrogen) atoms. The maximum atomic E-state index is 3.47. The second-order valence-corrected chi connectivity index (χ2v) is 6.04. The fraction of sp³-hybridized carbons (Fsp3) is 1.00. The summed E-state index contributed by atoms with van der Waals surface area (Å²) in [5, 5.41) is 3.47. The van der Waals surface area contributed by atoms with E-state index in [1.807, 2.05) is 0 Å². The molecule has 3 fully saturated rings. The van der Waals surface area contributed by atoms with Gasteiger partial charge in [0, 0.05) is 12.1 Å². The Morgan fingerprint density at radius 3 is 2.25 bits per heavy atom. The zero-order chi connectivity index (χ0) is 10.8. The molecule has 2 unspecified atom stereocenters. The molecule has 3 aliphatic heterocycles. The van der Waals surface area contributed by atoms with Crippen LogP contribution in [0.3, 0.4) is 0 Å². The van der Waals surface area contributed by atoms with Gasteiger partial charge in [0.1, 0.15) is 0 Å². The molecule has 92 valence electrons. The standard InChI is InChI=1S/C14H26N2/c1-2-13-4-5-14(3-1)16(13)11-8-12-6-9-15-10-7-12/h12-15H,1-11H2. The van der Waals surface area contributed by atoms with Crippen LogP contribution in [0.1, 0.15) is 51.4 Å². The Bertz CT molecular complexity index is 207. The summed E-state index contributed by atoms with van der Waals surface area (Å²) in [6, 6.07) is 1.95. The first-order chi connectivity index (χ1) is 7.93. The van der Waals surface area contributed by atoms with Gasteiger partial charge in [-0.15, -0.1) is 0 Å². The van der Waals surface area contributed by atoms with E-state index in [0.29, 0.717) is 0 Å². The van der Waals surface area contributed by atoms with E-state index in [0.717, 1.165) is 18.0 Å². The van der Waals surface area contributed by atoms with E-state index in [2.05, 4.69) is 10.2 Å². The number of nitrogens with zero attached hydrogens (tertiary/aromatic N) is 1. The highest BCUT2D eigenvalue weighted by atomic mass is 15.2. The molecule has 3 rings (SSSR count). The van der Waals surface area contributed by atoms with Gasteiger partial charge >= 0.3 is 0 Å². The molecule has 3 saturated heterocycles. The van der Waals surface area contributed by atoms with E-state index in [9.17, 15) is 0 Å². The van der Waals surface area contributed by atoms with Gasteiger partial charge in [0.05, 0.1) is 0 Å². The first-order valence-corrected chi connectivity index (χ1v) is 7.40. The van der Waals surface area contributed by atoms with E-state index in [4.69, 9.17) is 0 Å². The molecule has 2 nitrogen and oxygen atoms in total. The van der Waals surface area contributed by atoms with Gasteiger partial charge in [-0.05, 0) is 70.5 Å². The zero-order valence-corrected chi connectivity index (χ0v) is 10.5. The van der Waals surface area contributed by atoms with E-state index < -0.39 is 0 Å². The van der Waals surface area contributed by atoms with Crippen molar-refractivity contribution in [3.8, 4) is 0 Å². The third kappa shape index (κ3) is 2.28. The zero-order valence-electron chi connectivity index (χ0n) is 10.5. The third-order valence-electron chi connectivity index (χ3n) is 5.10. The van der Waals surface area contributed by atoms with E-state index >= 15 is 0 Å². The Hall–Kier alpha value is -0.0800. The Morgan fingerprint density at radius 1 is 0.875 bits per heavy atom. The monoisotopic (exact) mass is 222 g/mol. The van der Waals surface area contributed by atoms with Crippen molar-refractivity contribution < 1.29 is 0 Å². The van der Waals surface area contributed by atoms with Gasteiger partial charge < -0.3 is 5.32 Å². The highest BCUT2D eigenvalue weighted by molar-refractivity contribution is 4.91. The molecule has 0 spiro atoms. The van der Waals surface area contributed by atoms with Gasteiger partial charge in [0.25, 0.3) is 0 Å². The van der Waals surface area contributed by atoms with Crippen LogP contribution >= 0.6 is 0 Å². The van der Waals surface area contributed by atoms with Gasteiger partial charge in [-0.2, -0.15) is 0 Å². The smallest absolute Gasteiger partial charge is 0.00987 e. The summed E-state index contributed by atoms with van der Waals surface area (Å²) in [5.74, 6) is 1.02. The van der Waals surface area contributed by atoms with Crippen LogP contribution in [0.5, 0.6) is 0 Å². The van der Waals surface area contributed by atoms with Crippen molar-refractivity contribution in [3.05, 3.63) is 0 Å². The molecule has 3 heterocycles. The average Bonchev–Trinajstić information content (AvgIpc) is 2.57. The molecule has 3 aliphatic rings. The van der Waals surface area contributed by atoms with Crippen molar-refractivity contribution in [1.82, 2.24) is 10.2 Å². The number of hydrogen-bond acceptors (Lipinski definition) is 2. The number of piperidine rings is 2. The second-order valence-electron chi connectivity index (χ2n) is 6.04. The number of rotatable bonds is 3. The van der Waals surface area contributed by atoms with Crippen LogP contribution in [0, 0.1) is 5.92 Å². The third-order valence-corrected chi connectivity index (χ3v) is 5.10. The number of nitrogens with one attached hydrogen (secondary N) is 1. The lowest BCUT2D eigenvalue weighted by Crippen LogP contribution is -2.41. The minimum atomic E-state index is 0.973. The number of fused-ring (bicyclic) bond motifs is 2.